The van der Waals surface area contributed by atoms with Crippen LogP contribution in [0, 0.1) is 0 Å². The molecule has 136 valence electrons. The van der Waals surface area contributed by atoms with Crippen molar-refractivity contribution in [1.29, 1.82) is 0 Å². The Balaban J connectivity index is 1.83. The van der Waals surface area contributed by atoms with Gasteiger partial charge in [0, 0.05) is 24.0 Å². The van der Waals surface area contributed by atoms with Crippen molar-refractivity contribution in [3.05, 3.63) is 54.1 Å². The molecule has 0 aliphatic carbocycles. The van der Waals surface area contributed by atoms with Crippen LogP contribution in [-0.2, 0) is 16.1 Å². The highest BCUT2D eigenvalue weighted by atomic mass is 127. The third kappa shape index (κ3) is 3.32. The zero-order valence-corrected chi connectivity index (χ0v) is 16.4. The van der Waals surface area contributed by atoms with Gasteiger partial charge in [0.15, 0.2) is 0 Å². The standard InChI is InChI=1S/C19H16IN5O2/c20-21-16(26)9-10-17(27)25-11-12-5-1-2-6-13(12)18-19(23-24-22-18)14-7-3-4-8-15(14)25/h1-8H,9-11H2,(H,21,26)(H,22,23,24). The van der Waals surface area contributed by atoms with Crippen LogP contribution in [0.1, 0.15) is 18.4 Å². The van der Waals surface area contributed by atoms with Crippen molar-refractivity contribution in [2.75, 3.05) is 4.90 Å². The quantitative estimate of drug-likeness (QED) is 0.452. The average molecular weight is 473 g/mol. The van der Waals surface area contributed by atoms with Gasteiger partial charge in [0.25, 0.3) is 0 Å². The maximum absolute atomic E-state index is 13.0. The van der Waals surface area contributed by atoms with E-state index in [0.29, 0.717) is 12.2 Å². The summed E-state index contributed by atoms with van der Waals surface area (Å²) in [6, 6.07) is 15.5. The number of hydrogen-bond acceptors (Lipinski definition) is 4. The second-order valence-corrected chi connectivity index (χ2v) is 6.73. The Bertz CT molecular complexity index is 1020. The van der Waals surface area contributed by atoms with Crippen LogP contribution in [0.5, 0.6) is 0 Å². The number of carbonyl (C=O) groups excluding carboxylic acids is 2. The molecule has 7 nitrogen and oxygen atoms in total. The van der Waals surface area contributed by atoms with E-state index in [4.69, 9.17) is 0 Å². The number of nitrogens with zero attached hydrogens (tertiary/aromatic N) is 3. The number of rotatable bonds is 3. The van der Waals surface area contributed by atoms with E-state index in [1.54, 1.807) is 27.8 Å². The van der Waals surface area contributed by atoms with Gasteiger partial charge < -0.3 is 4.90 Å². The number of halogens is 1. The maximum Gasteiger partial charge on any atom is 0.229 e. The zero-order chi connectivity index (χ0) is 18.8. The SMILES string of the molecule is O=C(CCC(=O)N1Cc2ccccc2-c2n[nH]nc2-c2ccccc21)NI. The smallest absolute Gasteiger partial charge is 0.229 e. The number of para-hydroxylation sites is 1. The monoisotopic (exact) mass is 473 g/mol. The van der Waals surface area contributed by atoms with Crippen molar-refractivity contribution >= 4 is 40.4 Å². The Kier molecular flexibility index (Phi) is 4.88. The summed E-state index contributed by atoms with van der Waals surface area (Å²) in [7, 11) is 0. The van der Waals surface area contributed by atoms with Crippen LogP contribution >= 0.6 is 22.9 Å². The number of carbonyl (C=O) groups is 2. The largest absolute Gasteiger partial charge is 0.307 e. The van der Waals surface area contributed by atoms with Crippen molar-refractivity contribution in [3.63, 3.8) is 0 Å². The molecule has 2 amide bonds. The van der Waals surface area contributed by atoms with Crippen molar-refractivity contribution in [2.45, 2.75) is 19.4 Å². The van der Waals surface area contributed by atoms with Gasteiger partial charge in [0.1, 0.15) is 11.4 Å². The van der Waals surface area contributed by atoms with E-state index in [1.807, 2.05) is 48.5 Å². The molecule has 4 rings (SSSR count). The lowest BCUT2D eigenvalue weighted by Gasteiger charge is -2.28. The van der Waals surface area contributed by atoms with Crippen molar-refractivity contribution < 1.29 is 9.59 Å². The minimum absolute atomic E-state index is 0.107. The molecule has 0 spiro atoms. The molecule has 2 aromatic carbocycles. The van der Waals surface area contributed by atoms with E-state index in [0.717, 1.165) is 28.1 Å². The molecule has 0 saturated heterocycles. The molecule has 0 atom stereocenters. The third-order valence-corrected chi connectivity index (χ3v) is 5.17. The fourth-order valence-corrected chi connectivity index (χ4v) is 3.56. The van der Waals surface area contributed by atoms with E-state index < -0.39 is 0 Å². The molecule has 1 aromatic heterocycles. The topological polar surface area (TPSA) is 91.0 Å². The van der Waals surface area contributed by atoms with Crippen LogP contribution in [0.25, 0.3) is 22.5 Å². The second-order valence-electron chi connectivity index (χ2n) is 6.19. The molecule has 3 aromatic rings. The fourth-order valence-electron chi connectivity index (χ4n) is 3.29. The predicted octanol–water partition coefficient (Wildman–Crippen LogP) is 3.23. The second kappa shape index (κ2) is 7.47. The number of benzene rings is 2. The normalized spacial score (nSPS) is 12.3. The van der Waals surface area contributed by atoms with E-state index in [9.17, 15) is 9.59 Å². The summed E-state index contributed by atoms with van der Waals surface area (Å²) in [5, 5.41) is 11.4. The van der Waals surface area contributed by atoms with Gasteiger partial charge in [-0.25, -0.2) is 0 Å². The van der Waals surface area contributed by atoms with Crippen LogP contribution in [0.15, 0.2) is 48.5 Å². The van der Waals surface area contributed by atoms with Crippen LogP contribution in [0.2, 0.25) is 0 Å². The van der Waals surface area contributed by atoms with Crippen LogP contribution < -0.4 is 8.43 Å². The summed E-state index contributed by atoms with van der Waals surface area (Å²) >= 11 is 1.78. The van der Waals surface area contributed by atoms with Gasteiger partial charge in [-0.05, 0) is 11.6 Å². The Morgan fingerprint density at radius 2 is 1.67 bits per heavy atom. The Hall–Kier alpha value is -2.75. The molecule has 1 aliphatic rings. The van der Waals surface area contributed by atoms with Crippen molar-refractivity contribution in [1.82, 2.24) is 18.9 Å². The summed E-state index contributed by atoms with van der Waals surface area (Å²) in [5.41, 5.74) is 5.01. The van der Waals surface area contributed by atoms with Gasteiger partial charge in [-0.15, -0.1) is 0 Å². The number of aromatic amines is 1. The van der Waals surface area contributed by atoms with E-state index in [-0.39, 0.29) is 24.7 Å². The van der Waals surface area contributed by atoms with E-state index in [1.165, 1.54) is 0 Å². The molecule has 0 fully saturated rings. The highest BCUT2D eigenvalue weighted by molar-refractivity contribution is 14.1. The van der Waals surface area contributed by atoms with E-state index >= 15 is 0 Å². The maximum atomic E-state index is 13.0. The van der Waals surface area contributed by atoms with Crippen LogP contribution in [-0.4, -0.2) is 27.2 Å². The lowest BCUT2D eigenvalue weighted by molar-refractivity contribution is -0.124. The minimum Gasteiger partial charge on any atom is -0.307 e. The number of hydrogen-bond donors (Lipinski definition) is 2. The highest BCUT2D eigenvalue weighted by Gasteiger charge is 2.27. The summed E-state index contributed by atoms with van der Waals surface area (Å²) in [4.78, 5) is 26.3. The summed E-state index contributed by atoms with van der Waals surface area (Å²) in [6.45, 7) is 0.407. The number of nitrogens with one attached hydrogen (secondary N) is 2. The highest BCUT2D eigenvalue weighted by Crippen LogP contribution is 2.39. The Morgan fingerprint density at radius 1 is 1.00 bits per heavy atom. The number of anilines is 1. The number of H-pyrrole nitrogens is 1. The molecular weight excluding hydrogens is 457 g/mol. The molecule has 0 radical (unpaired) electrons. The van der Waals surface area contributed by atoms with Crippen LogP contribution in [0.4, 0.5) is 5.69 Å². The van der Waals surface area contributed by atoms with Crippen molar-refractivity contribution in [3.8, 4) is 22.5 Å². The molecule has 27 heavy (non-hydrogen) atoms. The zero-order valence-electron chi connectivity index (χ0n) is 14.3. The van der Waals surface area contributed by atoms with E-state index in [2.05, 4.69) is 18.9 Å². The number of fused-ring (bicyclic) bond motifs is 5. The molecule has 0 bridgehead atoms. The number of aromatic nitrogens is 3. The first-order valence-corrected chi connectivity index (χ1v) is 9.55. The summed E-state index contributed by atoms with van der Waals surface area (Å²) in [6.07, 6.45) is 0.286. The minimum atomic E-state index is -0.163. The number of amides is 2. The van der Waals surface area contributed by atoms with Gasteiger partial charge >= 0.3 is 0 Å². The fraction of sp³-hybridized carbons (Fsp3) is 0.158. The van der Waals surface area contributed by atoms with Crippen LogP contribution in [0.3, 0.4) is 0 Å². The van der Waals surface area contributed by atoms with Crippen molar-refractivity contribution in [2.24, 2.45) is 0 Å². The van der Waals surface area contributed by atoms with Gasteiger partial charge in [-0.2, -0.15) is 15.4 Å². The first kappa shape index (κ1) is 17.7. The average Bonchev–Trinajstić information content (AvgIpc) is 3.18. The lowest BCUT2D eigenvalue weighted by Crippen LogP contribution is -2.32. The predicted molar refractivity (Wildman–Crippen MR) is 110 cm³/mol. The molecule has 8 heteroatoms. The first-order chi connectivity index (χ1) is 13.2. The first-order valence-electron chi connectivity index (χ1n) is 8.47. The van der Waals surface area contributed by atoms with Gasteiger partial charge in [0.2, 0.25) is 11.8 Å². The molecule has 0 saturated carbocycles. The van der Waals surface area contributed by atoms with Gasteiger partial charge in [-0.3, -0.25) is 13.1 Å². The Labute approximate surface area is 169 Å². The Morgan fingerprint density at radius 3 is 2.44 bits per heavy atom. The lowest BCUT2D eigenvalue weighted by atomic mass is 9.95. The summed E-state index contributed by atoms with van der Waals surface area (Å²) in [5.74, 6) is -0.271. The molecule has 2 heterocycles. The van der Waals surface area contributed by atoms with Gasteiger partial charge in [-0.1, -0.05) is 42.5 Å². The van der Waals surface area contributed by atoms with Gasteiger partial charge in [0.05, 0.1) is 35.1 Å². The molecule has 1 aliphatic heterocycles. The summed E-state index contributed by atoms with van der Waals surface area (Å²) < 4.78 is 2.53. The molecule has 0 unspecified atom stereocenters. The molecular formula is C19H16IN5O2. The molecule has 2 N–H and O–H groups in total. The third-order valence-electron chi connectivity index (χ3n) is 4.57.